The standard InChI is InChI=1S/C22H27N3O3S/c1-4-25-14-18(15-5-6-19(27-2)20(11-15)28-3)21-17(22(25)26)12-16(29-21)13-24-9-7-23-8-10-24/h5-6,11-12,14,23H,4,7-10,13H2,1-3H3. The number of hydrogen-bond donors (Lipinski definition) is 1. The molecule has 1 saturated heterocycles. The minimum Gasteiger partial charge on any atom is -0.493 e. The van der Waals surface area contributed by atoms with Gasteiger partial charge in [-0.3, -0.25) is 9.69 Å². The van der Waals surface area contributed by atoms with Gasteiger partial charge in [0.1, 0.15) is 0 Å². The van der Waals surface area contributed by atoms with Crippen LogP contribution in [0.15, 0.2) is 35.3 Å². The lowest BCUT2D eigenvalue weighted by atomic mass is 10.1. The van der Waals surface area contributed by atoms with Crippen molar-refractivity contribution in [2.75, 3.05) is 40.4 Å². The average molecular weight is 414 g/mol. The predicted octanol–water partition coefficient (Wildman–Crippen LogP) is 3.17. The number of thiophene rings is 1. The van der Waals surface area contributed by atoms with Crippen molar-refractivity contribution in [1.29, 1.82) is 0 Å². The monoisotopic (exact) mass is 413 g/mol. The highest BCUT2D eigenvalue weighted by molar-refractivity contribution is 7.19. The molecule has 3 aromatic rings. The van der Waals surface area contributed by atoms with Gasteiger partial charge in [-0.2, -0.15) is 0 Å². The van der Waals surface area contributed by atoms with Crippen molar-refractivity contribution in [2.45, 2.75) is 20.0 Å². The number of nitrogens with zero attached hydrogens (tertiary/aromatic N) is 2. The van der Waals surface area contributed by atoms with Gasteiger partial charge in [0.2, 0.25) is 0 Å². The van der Waals surface area contributed by atoms with Gasteiger partial charge in [-0.25, -0.2) is 0 Å². The van der Waals surface area contributed by atoms with Crippen LogP contribution in [0.2, 0.25) is 0 Å². The molecule has 4 rings (SSSR count). The maximum absolute atomic E-state index is 13.0. The van der Waals surface area contributed by atoms with Crippen LogP contribution in [-0.4, -0.2) is 49.9 Å². The Hall–Kier alpha value is -2.35. The normalized spacial score (nSPS) is 15.0. The van der Waals surface area contributed by atoms with E-state index in [-0.39, 0.29) is 5.56 Å². The Morgan fingerprint density at radius 1 is 1.10 bits per heavy atom. The van der Waals surface area contributed by atoms with E-state index in [2.05, 4.69) is 16.3 Å². The molecular weight excluding hydrogens is 386 g/mol. The van der Waals surface area contributed by atoms with Crippen LogP contribution >= 0.6 is 11.3 Å². The van der Waals surface area contributed by atoms with E-state index in [1.807, 2.05) is 31.3 Å². The van der Waals surface area contributed by atoms with Crippen LogP contribution in [0.4, 0.5) is 0 Å². The summed E-state index contributed by atoms with van der Waals surface area (Å²) in [5, 5.41) is 4.19. The fourth-order valence-corrected chi connectivity index (χ4v) is 5.06. The summed E-state index contributed by atoms with van der Waals surface area (Å²) in [5.74, 6) is 1.38. The molecule has 3 heterocycles. The molecular formula is C22H27N3O3S. The highest BCUT2D eigenvalue weighted by atomic mass is 32.1. The molecule has 7 heteroatoms. The first-order valence-corrected chi connectivity index (χ1v) is 10.8. The second-order valence-corrected chi connectivity index (χ2v) is 8.32. The third-order valence-corrected chi connectivity index (χ3v) is 6.58. The van der Waals surface area contributed by atoms with Gasteiger partial charge in [-0.15, -0.1) is 11.3 Å². The van der Waals surface area contributed by atoms with E-state index in [0.29, 0.717) is 18.0 Å². The van der Waals surface area contributed by atoms with Crippen molar-refractivity contribution in [1.82, 2.24) is 14.8 Å². The van der Waals surface area contributed by atoms with Gasteiger partial charge in [-0.1, -0.05) is 6.07 Å². The smallest absolute Gasteiger partial charge is 0.259 e. The summed E-state index contributed by atoms with van der Waals surface area (Å²) >= 11 is 1.72. The molecule has 0 bridgehead atoms. The molecule has 0 unspecified atom stereocenters. The van der Waals surface area contributed by atoms with Crippen LogP contribution in [-0.2, 0) is 13.1 Å². The summed E-state index contributed by atoms with van der Waals surface area (Å²) in [4.78, 5) is 16.6. The molecule has 0 spiro atoms. The molecule has 0 amide bonds. The van der Waals surface area contributed by atoms with Crippen molar-refractivity contribution < 1.29 is 9.47 Å². The Bertz CT molecular complexity index is 1070. The number of rotatable bonds is 6. The topological polar surface area (TPSA) is 55.7 Å². The zero-order valence-corrected chi connectivity index (χ0v) is 18.0. The molecule has 29 heavy (non-hydrogen) atoms. The predicted molar refractivity (Wildman–Crippen MR) is 118 cm³/mol. The van der Waals surface area contributed by atoms with E-state index in [9.17, 15) is 4.79 Å². The zero-order valence-electron chi connectivity index (χ0n) is 17.2. The number of nitrogens with one attached hydrogen (secondary N) is 1. The van der Waals surface area contributed by atoms with Crippen LogP contribution in [0.3, 0.4) is 0 Å². The van der Waals surface area contributed by atoms with Gasteiger partial charge in [0.15, 0.2) is 11.5 Å². The first-order chi connectivity index (χ1) is 14.1. The van der Waals surface area contributed by atoms with Gasteiger partial charge in [0.25, 0.3) is 5.56 Å². The molecule has 6 nitrogen and oxygen atoms in total. The quantitative estimate of drug-likeness (QED) is 0.673. The van der Waals surface area contributed by atoms with Crippen molar-refractivity contribution in [3.8, 4) is 22.6 Å². The van der Waals surface area contributed by atoms with Crippen LogP contribution < -0.4 is 20.3 Å². The minimum absolute atomic E-state index is 0.0783. The van der Waals surface area contributed by atoms with Gasteiger partial charge in [-0.05, 0) is 30.7 Å². The molecule has 1 fully saturated rings. The summed E-state index contributed by atoms with van der Waals surface area (Å²) in [5.41, 5.74) is 2.15. The number of pyridine rings is 1. The Kier molecular flexibility index (Phi) is 5.89. The Labute approximate surface area is 174 Å². The van der Waals surface area contributed by atoms with E-state index >= 15 is 0 Å². The van der Waals surface area contributed by atoms with E-state index in [1.165, 1.54) is 4.88 Å². The van der Waals surface area contributed by atoms with E-state index in [1.54, 1.807) is 30.1 Å². The van der Waals surface area contributed by atoms with Gasteiger partial charge in [0.05, 0.1) is 19.6 Å². The number of benzene rings is 1. The summed E-state index contributed by atoms with van der Waals surface area (Å²) in [7, 11) is 3.27. The van der Waals surface area contributed by atoms with Crippen LogP contribution in [0.25, 0.3) is 21.2 Å². The van der Waals surface area contributed by atoms with E-state index in [4.69, 9.17) is 9.47 Å². The maximum atomic E-state index is 13.0. The second kappa shape index (κ2) is 8.57. The highest BCUT2D eigenvalue weighted by Gasteiger charge is 2.17. The van der Waals surface area contributed by atoms with Crippen molar-refractivity contribution in [2.24, 2.45) is 0 Å². The maximum Gasteiger partial charge on any atom is 0.259 e. The third-order valence-electron chi connectivity index (χ3n) is 5.43. The lowest BCUT2D eigenvalue weighted by Crippen LogP contribution is -2.42. The van der Waals surface area contributed by atoms with E-state index in [0.717, 1.165) is 53.9 Å². The SMILES string of the molecule is CCn1cc(-c2ccc(OC)c(OC)c2)c2sc(CN3CCNCC3)cc2c1=O. The highest BCUT2D eigenvalue weighted by Crippen LogP contribution is 2.37. The summed E-state index contributed by atoms with van der Waals surface area (Å²) in [6.45, 7) is 7.64. The lowest BCUT2D eigenvalue weighted by molar-refractivity contribution is 0.235. The fourth-order valence-electron chi connectivity index (χ4n) is 3.84. The Morgan fingerprint density at radius 3 is 2.55 bits per heavy atom. The van der Waals surface area contributed by atoms with Crippen LogP contribution in [0.1, 0.15) is 11.8 Å². The number of aromatic nitrogens is 1. The largest absolute Gasteiger partial charge is 0.493 e. The molecule has 0 atom stereocenters. The molecule has 1 aliphatic rings. The number of piperazine rings is 1. The number of hydrogen-bond acceptors (Lipinski definition) is 6. The molecule has 154 valence electrons. The van der Waals surface area contributed by atoms with Crippen LogP contribution in [0, 0.1) is 0 Å². The minimum atomic E-state index is 0.0783. The first kappa shape index (κ1) is 19.9. The molecule has 0 radical (unpaired) electrons. The molecule has 0 aliphatic carbocycles. The summed E-state index contributed by atoms with van der Waals surface area (Å²) in [6.07, 6.45) is 1.97. The summed E-state index contributed by atoms with van der Waals surface area (Å²) < 4.78 is 13.7. The van der Waals surface area contributed by atoms with Gasteiger partial charge in [0, 0.05) is 60.6 Å². The van der Waals surface area contributed by atoms with Crippen LogP contribution in [0.5, 0.6) is 11.5 Å². The molecule has 2 aromatic heterocycles. The Balaban J connectivity index is 1.82. The van der Waals surface area contributed by atoms with Gasteiger partial charge < -0.3 is 19.4 Å². The van der Waals surface area contributed by atoms with Crippen molar-refractivity contribution in [3.05, 3.63) is 45.7 Å². The molecule has 0 saturated carbocycles. The second-order valence-electron chi connectivity index (χ2n) is 7.19. The molecule has 1 N–H and O–H groups in total. The number of methoxy groups -OCH3 is 2. The zero-order chi connectivity index (χ0) is 20.4. The third kappa shape index (κ3) is 3.90. The summed E-state index contributed by atoms with van der Waals surface area (Å²) in [6, 6.07) is 8.00. The van der Waals surface area contributed by atoms with E-state index < -0.39 is 0 Å². The molecule has 1 aliphatic heterocycles. The fraction of sp³-hybridized carbons (Fsp3) is 0.409. The Morgan fingerprint density at radius 2 is 1.86 bits per heavy atom. The number of aryl methyl sites for hydroxylation is 1. The van der Waals surface area contributed by atoms with Gasteiger partial charge >= 0.3 is 0 Å². The lowest BCUT2D eigenvalue weighted by Gasteiger charge is -2.26. The number of fused-ring (bicyclic) bond motifs is 1. The first-order valence-electron chi connectivity index (χ1n) is 9.96. The van der Waals surface area contributed by atoms with Crippen molar-refractivity contribution in [3.63, 3.8) is 0 Å². The van der Waals surface area contributed by atoms with Crippen molar-refractivity contribution >= 4 is 21.4 Å². The molecule has 1 aromatic carbocycles. The average Bonchev–Trinajstić information content (AvgIpc) is 3.18. The number of ether oxygens (including phenoxy) is 2.